The summed E-state index contributed by atoms with van der Waals surface area (Å²) in [4.78, 5) is 20.4. The van der Waals surface area contributed by atoms with Crippen LogP contribution in [0.25, 0.3) is 0 Å². The van der Waals surface area contributed by atoms with Gasteiger partial charge in [-0.15, -0.1) is 11.3 Å². The van der Waals surface area contributed by atoms with Crippen molar-refractivity contribution in [2.75, 3.05) is 31.6 Å². The van der Waals surface area contributed by atoms with E-state index in [2.05, 4.69) is 16.9 Å². The lowest BCUT2D eigenvalue weighted by atomic mass is 9.97. The Bertz CT molecular complexity index is 448. The number of anilines is 1. The van der Waals surface area contributed by atoms with Crippen LogP contribution in [0.2, 0.25) is 0 Å². The third kappa shape index (κ3) is 4.88. The van der Waals surface area contributed by atoms with Crippen LogP contribution >= 0.6 is 11.3 Å². The molecule has 6 heteroatoms. The topological polar surface area (TPSA) is 45.7 Å². The summed E-state index contributed by atoms with van der Waals surface area (Å²) in [6.07, 6.45) is 3.69. The second-order valence-electron chi connectivity index (χ2n) is 6.61. The normalized spacial score (nSPS) is 16.9. The number of piperidine rings is 1. The predicted octanol–water partition coefficient (Wildman–Crippen LogP) is 3.23. The van der Waals surface area contributed by atoms with Crippen molar-refractivity contribution in [2.45, 2.75) is 39.2 Å². The van der Waals surface area contributed by atoms with Crippen LogP contribution in [0.1, 0.15) is 33.6 Å². The first-order valence-corrected chi connectivity index (χ1v) is 8.31. The van der Waals surface area contributed by atoms with Gasteiger partial charge in [-0.25, -0.2) is 9.78 Å². The van der Waals surface area contributed by atoms with Gasteiger partial charge in [0.25, 0.3) is 0 Å². The summed E-state index contributed by atoms with van der Waals surface area (Å²) in [5.74, 6) is 0.609. The molecular weight excluding hydrogens is 286 g/mol. The highest BCUT2D eigenvalue weighted by Crippen LogP contribution is 2.23. The Morgan fingerprint density at radius 2 is 2.14 bits per heavy atom. The molecule has 0 aliphatic carbocycles. The van der Waals surface area contributed by atoms with Gasteiger partial charge in [0.05, 0.1) is 0 Å². The predicted molar refractivity (Wildman–Crippen MR) is 85.9 cm³/mol. The van der Waals surface area contributed by atoms with Crippen molar-refractivity contribution in [3.63, 3.8) is 0 Å². The molecule has 1 aliphatic heterocycles. The van der Waals surface area contributed by atoms with Gasteiger partial charge in [0.15, 0.2) is 5.13 Å². The van der Waals surface area contributed by atoms with Gasteiger partial charge in [-0.05, 0) is 39.5 Å². The molecule has 1 aromatic heterocycles. The molecule has 2 heterocycles. The molecule has 118 valence electrons. The number of hydrogen-bond donors (Lipinski definition) is 0. The van der Waals surface area contributed by atoms with Crippen LogP contribution in [0.3, 0.4) is 0 Å². The maximum Gasteiger partial charge on any atom is 0.410 e. The van der Waals surface area contributed by atoms with Crippen LogP contribution in [-0.4, -0.2) is 48.3 Å². The van der Waals surface area contributed by atoms with Crippen molar-refractivity contribution in [2.24, 2.45) is 5.92 Å². The molecule has 0 atom stereocenters. The van der Waals surface area contributed by atoms with E-state index in [1.165, 1.54) is 0 Å². The van der Waals surface area contributed by atoms with E-state index in [1.54, 1.807) is 11.3 Å². The summed E-state index contributed by atoms with van der Waals surface area (Å²) >= 11 is 1.66. The van der Waals surface area contributed by atoms with Crippen LogP contribution in [0.4, 0.5) is 9.93 Å². The Kier molecular flexibility index (Phi) is 5.08. The summed E-state index contributed by atoms with van der Waals surface area (Å²) in [7, 11) is 2.08. The Labute approximate surface area is 130 Å². The van der Waals surface area contributed by atoms with E-state index in [0.717, 1.165) is 37.6 Å². The van der Waals surface area contributed by atoms with Gasteiger partial charge in [0, 0.05) is 38.3 Å². The second-order valence-corrected chi connectivity index (χ2v) is 7.48. The lowest BCUT2D eigenvalue weighted by Crippen LogP contribution is -2.43. The summed E-state index contributed by atoms with van der Waals surface area (Å²) in [6.45, 7) is 8.27. The van der Waals surface area contributed by atoms with Crippen LogP contribution in [-0.2, 0) is 4.74 Å². The zero-order chi connectivity index (χ0) is 15.5. The maximum absolute atomic E-state index is 12.0. The van der Waals surface area contributed by atoms with Gasteiger partial charge < -0.3 is 14.5 Å². The molecule has 0 unspecified atom stereocenters. The number of thiazole rings is 1. The number of hydrogen-bond acceptors (Lipinski definition) is 5. The number of carbonyl (C=O) groups is 1. The average molecular weight is 311 g/mol. The number of rotatable bonds is 3. The molecule has 0 saturated carbocycles. The van der Waals surface area contributed by atoms with Crippen LogP contribution in [0.15, 0.2) is 11.6 Å². The summed E-state index contributed by atoms with van der Waals surface area (Å²) in [5.41, 5.74) is -0.418. The third-order valence-corrected chi connectivity index (χ3v) is 4.43. The van der Waals surface area contributed by atoms with Crippen molar-refractivity contribution < 1.29 is 9.53 Å². The molecule has 1 aliphatic rings. The molecule has 0 radical (unpaired) electrons. The number of nitrogens with zero attached hydrogens (tertiary/aromatic N) is 3. The first-order valence-electron chi connectivity index (χ1n) is 7.44. The highest BCUT2D eigenvalue weighted by atomic mass is 32.1. The van der Waals surface area contributed by atoms with Gasteiger partial charge in [-0.2, -0.15) is 0 Å². The smallest absolute Gasteiger partial charge is 0.410 e. The van der Waals surface area contributed by atoms with Crippen molar-refractivity contribution in [3.05, 3.63) is 11.6 Å². The number of carbonyl (C=O) groups excluding carboxylic acids is 1. The summed E-state index contributed by atoms with van der Waals surface area (Å²) in [5, 5.41) is 3.06. The van der Waals surface area contributed by atoms with Crippen molar-refractivity contribution >= 4 is 22.6 Å². The number of amides is 1. The quantitative estimate of drug-likeness (QED) is 0.860. The number of likely N-dealkylation sites (tertiary alicyclic amines) is 1. The highest BCUT2D eigenvalue weighted by Gasteiger charge is 2.27. The molecule has 0 N–H and O–H groups in total. The molecule has 0 bridgehead atoms. The Morgan fingerprint density at radius 3 is 2.67 bits per heavy atom. The number of aromatic nitrogens is 1. The van der Waals surface area contributed by atoms with E-state index in [4.69, 9.17) is 4.74 Å². The fourth-order valence-electron chi connectivity index (χ4n) is 2.49. The molecule has 5 nitrogen and oxygen atoms in total. The average Bonchev–Trinajstić information content (AvgIpc) is 2.91. The first kappa shape index (κ1) is 16.1. The Hall–Kier alpha value is -1.30. The molecular formula is C15H25N3O2S. The molecule has 1 aromatic rings. The zero-order valence-corrected chi connectivity index (χ0v) is 14.2. The molecule has 1 amide bonds. The van der Waals surface area contributed by atoms with E-state index in [9.17, 15) is 4.79 Å². The van der Waals surface area contributed by atoms with Gasteiger partial charge in [-0.1, -0.05) is 0 Å². The molecule has 1 fully saturated rings. The van der Waals surface area contributed by atoms with Gasteiger partial charge in [0.1, 0.15) is 5.60 Å². The minimum atomic E-state index is -0.418. The standard InChI is InChI=1S/C15H25N3O2S/c1-15(2,3)20-14(19)18-8-5-12(6-9-18)11-17(4)13-16-7-10-21-13/h7,10,12H,5-6,8-9,11H2,1-4H3. The molecule has 21 heavy (non-hydrogen) atoms. The van der Waals surface area contributed by atoms with Crippen molar-refractivity contribution in [1.29, 1.82) is 0 Å². The van der Waals surface area contributed by atoms with Crippen molar-refractivity contribution in [1.82, 2.24) is 9.88 Å². The number of ether oxygens (including phenoxy) is 1. The summed E-state index contributed by atoms with van der Waals surface area (Å²) in [6, 6.07) is 0. The van der Waals surface area contributed by atoms with E-state index in [1.807, 2.05) is 37.2 Å². The maximum atomic E-state index is 12.0. The Balaban J connectivity index is 1.77. The van der Waals surface area contributed by atoms with Crippen molar-refractivity contribution in [3.8, 4) is 0 Å². The van der Waals surface area contributed by atoms with Crippen LogP contribution in [0.5, 0.6) is 0 Å². The lowest BCUT2D eigenvalue weighted by Gasteiger charge is -2.34. The fraction of sp³-hybridized carbons (Fsp3) is 0.733. The molecule has 1 saturated heterocycles. The molecule has 2 rings (SSSR count). The first-order chi connectivity index (χ1) is 9.85. The monoisotopic (exact) mass is 311 g/mol. The van der Waals surface area contributed by atoms with E-state index < -0.39 is 5.60 Å². The zero-order valence-electron chi connectivity index (χ0n) is 13.3. The van der Waals surface area contributed by atoms with Crippen LogP contribution in [0, 0.1) is 5.92 Å². The summed E-state index contributed by atoms with van der Waals surface area (Å²) < 4.78 is 5.42. The largest absolute Gasteiger partial charge is 0.444 e. The van der Waals surface area contributed by atoms with Crippen LogP contribution < -0.4 is 4.90 Å². The lowest BCUT2D eigenvalue weighted by molar-refractivity contribution is 0.0186. The SMILES string of the molecule is CN(CC1CCN(C(=O)OC(C)(C)C)CC1)c1nccs1. The van der Waals surface area contributed by atoms with E-state index >= 15 is 0 Å². The third-order valence-electron chi connectivity index (χ3n) is 3.54. The second kappa shape index (κ2) is 6.64. The van der Waals surface area contributed by atoms with Gasteiger partial charge in [-0.3, -0.25) is 0 Å². The van der Waals surface area contributed by atoms with Gasteiger partial charge in [0.2, 0.25) is 0 Å². The molecule has 0 aromatic carbocycles. The Morgan fingerprint density at radius 1 is 1.48 bits per heavy atom. The minimum absolute atomic E-state index is 0.186. The van der Waals surface area contributed by atoms with E-state index in [-0.39, 0.29) is 6.09 Å². The van der Waals surface area contributed by atoms with Gasteiger partial charge >= 0.3 is 6.09 Å². The fourth-order valence-corrected chi connectivity index (χ4v) is 3.11. The highest BCUT2D eigenvalue weighted by molar-refractivity contribution is 7.13. The van der Waals surface area contributed by atoms with E-state index in [0.29, 0.717) is 5.92 Å². The minimum Gasteiger partial charge on any atom is -0.444 e. The molecule has 0 spiro atoms.